The van der Waals surface area contributed by atoms with E-state index in [0.717, 1.165) is 24.2 Å². The van der Waals surface area contributed by atoms with E-state index in [2.05, 4.69) is 17.6 Å². The summed E-state index contributed by atoms with van der Waals surface area (Å²) in [6, 6.07) is 8.16. The number of hydrogen-bond acceptors (Lipinski definition) is 2. The molecule has 0 spiro atoms. The molecule has 1 aromatic rings. The maximum absolute atomic E-state index is 12.1. The van der Waals surface area contributed by atoms with Crippen LogP contribution in [0.1, 0.15) is 42.1 Å². The van der Waals surface area contributed by atoms with Crippen molar-refractivity contribution in [3.05, 3.63) is 35.4 Å². The molecular weight excluding hydrogens is 236 g/mol. The standard InChI is InChI=1S/C16H24N2O/c1-3-13-8-5-9-17-15(13)11-18-16(19)14-7-4-6-12(2)10-14/h4,6-7,10,13,15,17H,3,5,8-9,11H2,1-2H3,(H,18,19). The fourth-order valence-corrected chi connectivity index (χ4v) is 2.84. The van der Waals surface area contributed by atoms with Crippen LogP contribution in [0.4, 0.5) is 0 Å². The van der Waals surface area contributed by atoms with Gasteiger partial charge in [0, 0.05) is 18.2 Å². The molecule has 2 unspecified atom stereocenters. The van der Waals surface area contributed by atoms with Crippen LogP contribution in [0.5, 0.6) is 0 Å². The highest BCUT2D eigenvalue weighted by Crippen LogP contribution is 2.19. The Morgan fingerprint density at radius 3 is 3.05 bits per heavy atom. The molecule has 1 aliphatic rings. The number of nitrogens with one attached hydrogen (secondary N) is 2. The van der Waals surface area contributed by atoms with E-state index in [0.29, 0.717) is 12.0 Å². The van der Waals surface area contributed by atoms with Gasteiger partial charge in [0.1, 0.15) is 0 Å². The molecule has 2 rings (SSSR count). The quantitative estimate of drug-likeness (QED) is 0.873. The summed E-state index contributed by atoms with van der Waals surface area (Å²) < 4.78 is 0. The van der Waals surface area contributed by atoms with Crippen molar-refractivity contribution >= 4 is 5.91 Å². The van der Waals surface area contributed by atoms with Gasteiger partial charge in [-0.2, -0.15) is 0 Å². The van der Waals surface area contributed by atoms with Gasteiger partial charge < -0.3 is 10.6 Å². The highest BCUT2D eigenvalue weighted by atomic mass is 16.1. The van der Waals surface area contributed by atoms with Crippen LogP contribution in [0.25, 0.3) is 0 Å². The van der Waals surface area contributed by atoms with Crippen LogP contribution in [-0.4, -0.2) is 25.0 Å². The first-order valence-electron chi connectivity index (χ1n) is 7.29. The Morgan fingerprint density at radius 1 is 1.47 bits per heavy atom. The Bertz CT molecular complexity index is 431. The molecule has 3 heteroatoms. The van der Waals surface area contributed by atoms with Crippen molar-refractivity contribution in [1.29, 1.82) is 0 Å². The van der Waals surface area contributed by atoms with E-state index in [-0.39, 0.29) is 5.91 Å². The number of carbonyl (C=O) groups is 1. The Morgan fingerprint density at radius 2 is 2.32 bits per heavy atom. The van der Waals surface area contributed by atoms with E-state index in [4.69, 9.17) is 0 Å². The molecule has 0 saturated carbocycles. The van der Waals surface area contributed by atoms with Crippen molar-refractivity contribution in [2.75, 3.05) is 13.1 Å². The van der Waals surface area contributed by atoms with E-state index in [9.17, 15) is 4.79 Å². The van der Waals surface area contributed by atoms with Crippen LogP contribution in [-0.2, 0) is 0 Å². The number of piperidine rings is 1. The Balaban J connectivity index is 1.89. The molecule has 1 fully saturated rings. The van der Waals surface area contributed by atoms with Crippen LogP contribution in [0.2, 0.25) is 0 Å². The first-order chi connectivity index (χ1) is 9.20. The highest BCUT2D eigenvalue weighted by molar-refractivity contribution is 5.94. The molecule has 0 aliphatic carbocycles. The molecule has 1 heterocycles. The van der Waals surface area contributed by atoms with E-state index in [1.807, 2.05) is 31.2 Å². The lowest BCUT2D eigenvalue weighted by Crippen LogP contribution is -2.48. The maximum atomic E-state index is 12.1. The van der Waals surface area contributed by atoms with Gasteiger partial charge in [-0.25, -0.2) is 0 Å². The molecule has 0 bridgehead atoms. The second-order valence-electron chi connectivity index (χ2n) is 5.45. The number of aryl methyl sites for hydroxylation is 1. The Kier molecular flexibility index (Phi) is 4.97. The monoisotopic (exact) mass is 260 g/mol. The van der Waals surface area contributed by atoms with Crippen molar-refractivity contribution in [2.24, 2.45) is 5.92 Å². The van der Waals surface area contributed by atoms with Crippen LogP contribution in [0.15, 0.2) is 24.3 Å². The lowest BCUT2D eigenvalue weighted by atomic mass is 9.88. The van der Waals surface area contributed by atoms with E-state index >= 15 is 0 Å². The summed E-state index contributed by atoms with van der Waals surface area (Å²) in [5.41, 5.74) is 1.87. The van der Waals surface area contributed by atoms with Gasteiger partial charge in [0.05, 0.1) is 0 Å². The Hall–Kier alpha value is -1.35. The van der Waals surface area contributed by atoms with E-state index in [1.165, 1.54) is 19.3 Å². The van der Waals surface area contributed by atoms with Crippen molar-refractivity contribution in [3.63, 3.8) is 0 Å². The highest BCUT2D eigenvalue weighted by Gasteiger charge is 2.23. The molecule has 1 amide bonds. The molecule has 0 radical (unpaired) electrons. The zero-order valence-electron chi connectivity index (χ0n) is 11.9. The zero-order valence-corrected chi connectivity index (χ0v) is 11.9. The van der Waals surface area contributed by atoms with Crippen LogP contribution in [0.3, 0.4) is 0 Å². The number of rotatable bonds is 4. The van der Waals surface area contributed by atoms with Gasteiger partial charge in [-0.1, -0.05) is 31.0 Å². The SMILES string of the molecule is CCC1CCCNC1CNC(=O)c1cccc(C)c1. The lowest BCUT2D eigenvalue weighted by molar-refractivity contribution is 0.0942. The predicted molar refractivity (Wildman–Crippen MR) is 78.3 cm³/mol. The third kappa shape index (κ3) is 3.80. The largest absolute Gasteiger partial charge is 0.350 e. The third-order valence-corrected chi connectivity index (χ3v) is 4.01. The average molecular weight is 260 g/mol. The normalized spacial score (nSPS) is 23.1. The third-order valence-electron chi connectivity index (χ3n) is 4.01. The van der Waals surface area contributed by atoms with E-state index < -0.39 is 0 Å². The molecule has 19 heavy (non-hydrogen) atoms. The molecule has 1 aliphatic heterocycles. The summed E-state index contributed by atoms with van der Waals surface area (Å²) in [6.07, 6.45) is 3.70. The predicted octanol–water partition coefficient (Wildman–Crippen LogP) is 2.50. The summed E-state index contributed by atoms with van der Waals surface area (Å²) in [6.45, 7) is 6.03. The maximum Gasteiger partial charge on any atom is 0.251 e. The van der Waals surface area contributed by atoms with Gasteiger partial charge >= 0.3 is 0 Å². The van der Waals surface area contributed by atoms with Crippen molar-refractivity contribution in [3.8, 4) is 0 Å². The second kappa shape index (κ2) is 6.71. The van der Waals surface area contributed by atoms with Crippen molar-refractivity contribution in [2.45, 2.75) is 39.2 Å². The van der Waals surface area contributed by atoms with Crippen LogP contribution in [0, 0.1) is 12.8 Å². The molecule has 2 atom stereocenters. The van der Waals surface area contributed by atoms with Gasteiger partial charge in [0.2, 0.25) is 0 Å². The summed E-state index contributed by atoms with van der Waals surface area (Å²) in [5.74, 6) is 0.720. The number of hydrogen-bond donors (Lipinski definition) is 2. The molecule has 1 saturated heterocycles. The topological polar surface area (TPSA) is 41.1 Å². The minimum atomic E-state index is 0.0333. The van der Waals surface area contributed by atoms with Crippen molar-refractivity contribution < 1.29 is 4.79 Å². The zero-order chi connectivity index (χ0) is 13.7. The summed E-state index contributed by atoms with van der Waals surface area (Å²) in [4.78, 5) is 12.1. The minimum absolute atomic E-state index is 0.0333. The second-order valence-corrected chi connectivity index (χ2v) is 5.45. The first-order valence-corrected chi connectivity index (χ1v) is 7.29. The first kappa shape index (κ1) is 14.1. The molecule has 2 N–H and O–H groups in total. The van der Waals surface area contributed by atoms with Gasteiger partial charge in [-0.3, -0.25) is 4.79 Å². The van der Waals surface area contributed by atoms with Gasteiger partial charge in [-0.15, -0.1) is 0 Å². The van der Waals surface area contributed by atoms with Gasteiger partial charge in [-0.05, 0) is 44.4 Å². The molecule has 0 aromatic heterocycles. The summed E-state index contributed by atoms with van der Waals surface area (Å²) in [5, 5.41) is 6.58. The van der Waals surface area contributed by atoms with Crippen LogP contribution >= 0.6 is 0 Å². The number of benzene rings is 1. The Labute approximate surface area is 115 Å². The summed E-state index contributed by atoms with van der Waals surface area (Å²) >= 11 is 0. The fourth-order valence-electron chi connectivity index (χ4n) is 2.84. The molecule has 104 valence electrons. The van der Waals surface area contributed by atoms with Gasteiger partial charge in [0.25, 0.3) is 5.91 Å². The molecular formula is C16H24N2O. The van der Waals surface area contributed by atoms with E-state index in [1.54, 1.807) is 0 Å². The minimum Gasteiger partial charge on any atom is -0.350 e. The summed E-state index contributed by atoms with van der Waals surface area (Å²) in [7, 11) is 0. The molecule has 1 aromatic carbocycles. The van der Waals surface area contributed by atoms with Crippen LogP contribution < -0.4 is 10.6 Å². The van der Waals surface area contributed by atoms with Crippen molar-refractivity contribution in [1.82, 2.24) is 10.6 Å². The van der Waals surface area contributed by atoms with Gasteiger partial charge in [0.15, 0.2) is 0 Å². The fraction of sp³-hybridized carbons (Fsp3) is 0.562. The lowest BCUT2D eigenvalue weighted by Gasteiger charge is -2.32. The molecule has 3 nitrogen and oxygen atoms in total. The average Bonchev–Trinajstić information content (AvgIpc) is 2.45. The number of amides is 1. The number of carbonyl (C=O) groups excluding carboxylic acids is 1. The smallest absolute Gasteiger partial charge is 0.251 e.